The first kappa shape index (κ1) is 15.6. The molecule has 1 aromatic rings. The quantitative estimate of drug-likeness (QED) is 0.748. The summed E-state index contributed by atoms with van der Waals surface area (Å²) in [4.78, 5) is 0. The van der Waals surface area contributed by atoms with Crippen LogP contribution in [0.2, 0.25) is 0 Å². The van der Waals surface area contributed by atoms with Crippen molar-refractivity contribution in [2.75, 3.05) is 27.4 Å². The average molecular weight is 269 g/mol. The molecule has 0 aliphatic heterocycles. The number of ether oxygens (including phenoxy) is 3. The van der Waals surface area contributed by atoms with Gasteiger partial charge in [-0.05, 0) is 0 Å². The third kappa shape index (κ3) is 5.36. The summed E-state index contributed by atoms with van der Waals surface area (Å²) in [7, 11) is 3.19. The van der Waals surface area contributed by atoms with Crippen molar-refractivity contribution in [2.45, 2.75) is 25.9 Å². The highest BCUT2D eigenvalue weighted by molar-refractivity contribution is 5.42. The van der Waals surface area contributed by atoms with Crippen molar-refractivity contribution in [3.05, 3.63) is 18.2 Å². The van der Waals surface area contributed by atoms with E-state index in [0.717, 1.165) is 0 Å². The number of rotatable bonds is 8. The summed E-state index contributed by atoms with van der Waals surface area (Å²) in [6.45, 7) is 4.46. The van der Waals surface area contributed by atoms with Gasteiger partial charge in [-0.1, -0.05) is 13.8 Å². The van der Waals surface area contributed by atoms with Gasteiger partial charge in [0.05, 0.1) is 26.9 Å². The van der Waals surface area contributed by atoms with Crippen LogP contribution in [0, 0.1) is 0 Å². The van der Waals surface area contributed by atoms with Crippen molar-refractivity contribution in [2.24, 2.45) is 0 Å². The Morgan fingerprint density at radius 3 is 2.00 bits per heavy atom. The maximum atomic E-state index is 9.26. The normalized spacial score (nSPS) is 12.3. The maximum absolute atomic E-state index is 9.26. The molecule has 0 bridgehead atoms. The lowest BCUT2D eigenvalue weighted by Crippen LogP contribution is -2.41. The first-order valence-electron chi connectivity index (χ1n) is 6.31. The SMILES string of the molecule is COc1cc(OC)cc(OCC(CO)NC(C)C)c1. The topological polar surface area (TPSA) is 60.0 Å². The third-order valence-electron chi connectivity index (χ3n) is 2.57. The molecule has 1 rings (SSSR count). The van der Waals surface area contributed by atoms with Crippen molar-refractivity contribution in [3.8, 4) is 17.2 Å². The van der Waals surface area contributed by atoms with Crippen LogP contribution in [-0.4, -0.2) is 44.6 Å². The Morgan fingerprint density at radius 2 is 1.58 bits per heavy atom. The molecule has 5 heteroatoms. The average Bonchev–Trinajstić information content (AvgIpc) is 2.42. The van der Waals surface area contributed by atoms with E-state index in [1.54, 1.807) is 32.4 Å². The summed E-state index contributed by atoms with van der Waals surface area (Å²) in [5, 5.41) is 12.5. The molecule has 0 radical (unpaired) electrons. The summed E-state index contributed by atoms with van der Waals surface area (Å²) >= 11 is 0. The molecule has 0 aromatic heterocycles. The lowest BCUT2D eigenvalue weighted by molar-refractivity contribution is 0.176. The number of nitrogens with one attached hydrogen (secondary N) is 1. The molecule has 5 nitrogen and oxygen atoms in total. The predicted molar refractivity (Wildman–Crippen MR) is 74.2 cm³/mol. The fourth-order valence-corrected chi connectivity index (χ4v) is 1.69. The fourth-order valence-electron chi connectivity index (χ4n) is 1.69. The lowest BCUT2D eigenvalue weighted by atomic mass is 10.2. The molecule has 0 aliphatic rings. The Bertz CT molecular complexity index is 359. The van der Waals surface area contributed by atoms with Gasteiger partial charge in [0, 0.05) is 24.2 Å². The van der Waals surface area contributed by atoms with Gasteiger partial charge < -0.3 is 24.6 Å². The summed E-state index contributed by atoms with van der Waals surface area (Å²) in [5.74, 6) is 2.00. The van der Waals surface area contributed by atoms with Gasteiger partial charge in [0.2, 0.25) is 0 Å². The Balaban J connectivity index is 2.65. The molecule has 0 aliphatic carbocycles. The molecule has 0 spiro atoms. The molecule has 1 unspecified atom stereocenters. The molecule has 0 saturated carbocycles. The first-order valence-corrected chi connectivity index (χ1v) is 6.31. The summed E-state index contributed by atoms with van der Waals surface area (Å²) in [6.07, 6.45) is 0. The number of aliphatic hydroxyl groups excluding tert-OH is 1. The van der Waals surface area contributed by atoms with Crippen LogP contribution in [0.15, 0.2) is 18.2 Å². The Morgan fingerprint density at radius 1 is 1.05 bits per heavy atom. The molecule has 1 atom stereocenters. The smallest absolute Gasteiger partial charge is 0.126 e. The second-order valence-corrected chi connectivity index (χ2v) is 4.56. The van der Waals surface area contributed by atoms with Crippen LogP contribution in [0.4, 0.5) is 0 Å². The molecule has 0 saturated heterocycles. The van der Waals surface area contributed by atoms with E-state index in [1.807, 2.05) is 13.8 Å². The number of hydrogen-bond donors (Lipinski definition) is 2. The molecule has 0 amide bonds. The van der Waals surface area contributed by atoms with E-state index in [2.05, 4.69) is 5.32 Å². The van der Waals surface area contributed by atoms with Crippen molar-refractivity contribution in [1.29, 1.82) is 0 Å². The molecule has 2 N–H and O–H groups in total. The van der Waals surface area contributed by atoms with E-state index in [-0.39, 0.29) is 12.6 Å². The van der Waals surface area contributed by atoms with E-state index in [9.17, 15) is 5.11 Å². The van der Waals surface area contributed by atoms with E-state index in [4.69, 9.17) is 14.2 Å². The van der Waals surface area contributed by atoms with Crippen LogP contribution in [0.25, 0.3) is 0 Å². The van der Waals surface area contributed by atoms with Gasteiger partial charge in [-0.15, -0.1) is 0 Å². The minimum Gasteiger partial charge on any atom is -0.496 e. The Hall–Kier alpha value is -1.46. The second-order valence-electron chi connectivity index (χ2n) is 4.56. The molecular weight excluding hydrogens is 246 g/mol. The van der Waals surface area contributed by atoms with Crippen LogP contribution in [0.3, 0.4) is 0 Å². The van der Waals surface area contributed by atoms with Gasteiger partial charge in [-0.3, -0.25) is 0 Å². The first-order chi connectivity index (χ1) is 9.08. The highest BCUT2D eigenvalue weighted by Gasteiger charge is 2.10. The molecule has 0 fully saturated rings. The van der Waals surface area contributed by atoms with Gasteiger partial charge in [-0.2, -0.15) is 0 Å². The number of benzene rings is 1. The fraction of sp³-hybridized carbons (Fsp3) is 0.571. The Kier molecular flexibility index (Phi) is 6.45. The molecule has 0 heterocycles. The molecular formula is C14H23NO4. The summed E-state index contributed by atoms with van der Waals surface area (Å²) in [5.41, 5.74) is 0. The largest absolute Gasteiger partial charge is 0.496 e. The highest BCUT2D eigenvalue weighted by atomic mass is 16.5. The molecule has 19 heavy (non-hydrogen) atoms. The third-order valence-corrected chi connectivity index (χ3v) is 2.57. The van der Waals surface area contributed by atoms with Crippen LogP contribution in [0.1, 0.15) is 13.8 Å². The predicted octanol–water partition coefficient (Wildman–Crippen LogP) is 1.44. The molecule has 108 valence electrons. The van der Waals surface area contributed by atoms with Gasteiger partial charge >= 0.3 is 0 Å². The number of hydrogen-bond acceptors (Lipinski definition) is 5. The standard InChI is InChI=1S/C14H23NO4/c1-10(2)15-11(8-16)9-19-14-6-12(17-3)5-13(7-14)18-4/h5-7,10-11,15-16H,8-9H2,1-4H3. The van der Waals surface area contributed by atoms with Crippen molar-refractivity contribution < 1.29 is 19.3 Å². The van der Waals surface area contributed by atoms with Gasteiger partial charge in [0.1, 0.15) is 23.9 Å². The van der Waals surface area contributed by atoms with Gasteiger partial charge in [-0.25, -0.2) is 0 Å². The summed E-state index contributed by atoms with van der Waals surface area (Å²) < 4.78 is 16.0. The van der Waals surface area contributed by atoms with Gasteiger partial charge in [0.15, 0.2) is 0 Å². The van der Waals surface area contributed by atoms with Crippen molar-refractivity contribution in [1.82, 2.24) is 5.32 Å². The van der Waals surface area contributed by atoms with Crippen molar-refractivity contribution >= 4 is 0 Å². The maximum Gasteiger partial charge on any atom is 0.126 e. The summed E-state index contributed by atoms with van der Waals surface area (Å²) in [6, 6.07) is 5.54. The van der Waals surface area contributed by atoms with Crippen LogP contribution in [0.5, 0.6) is 17.2 Å². The molecule has 1 aromatic carbocycles. The van der Waals surface area contributed by atoms with E-state index in [1.165, 1.54) is 0 Å². The number of methoxy groups -OCH3 is 2. The Labute approximate surface area is 114 Å². The second kappa shape index (κ2) is 7.86. The van der Waals surface area contributed by atoms with E-state index >= 15 is 0 Å². The van der Waals surface area contributed by atoms with E-state index in [0.29, 0.717) is 29.9 Å². The van der Waals surface area contributed by atoms with E-state index < -0.39 is 0 Å². The highest BCUT2D eigenvalue weighted by Crippen LogP contribution is 2.27. The van der Waals surface area contributed by atoms with Crippen LogP contribution >= 0.6 is 0 Å². The number of aliphatic hydroxyl groups is 1. The zero-order chi connectivity index (χ0) is 14.3. The monoisotopic (exact) mass is 269 g/mol. The minimum atomic E-state index is -0.0998. The van der Waals surface area contributed by atoms with Crippen LogP contribution in [-0.2, 0) is 0 Å². The zero-order valence-electron chi connectivity index (χ0n) is 12.0. The minimum absolute atomic E-state index is 0.0271. The van der Waals surface area contributed by atoms with Gasteiger partial charge in [0.25, 0.3) is 0 Å². The zero-order valence-corrected chi connectivity index (χ0v) is 12.0. The van der Waals surface area contributed by atoms with Crippen LogP contribution < -0.4 is 19.5 Å². The van der Waals surface area contributed by atoms with Crippen molar-refractivity contribution in [3.63, 3.8) is 0 Å². The lowest BCUT2D eigenvalue weighted by Gasteiger charge is -2.19.